The fourth-order valence-corrected chi connectivity index (χ4v) is 2.15. The van der Waals surface area contributed by atoms with Crippen molar-refractivity contribution in [1.29, 1.82) is 0 Å². The van der Waals surface area contributed by atoms with E-state index in [9.17, 15) is 4.79 Å². The molecular weight excluding hydrogens is 208 g/mol. The van der Waals surface area contributed by atoms with Gasteiger partial charge in [0.15, 0.2) is 5.78 Å². The summed E-state index contributed by atoms with van der Waals surface area (Å²) in [7, 11) is 0. The van der Waals surface area contributed by atoms with E-state index in [1.165, 1.54) is 0 Å². The van der Waals surface area contributed by atoms with Gasteiger partial charge in [-0.05, 0) is 29.2 Å². The van der Waals surface area contributed by atoms with Crippen molar-refractivity contribution in [3.8, 4) is 0 Å². The van der Waals surface area contributed by atoms with Crippen LogP contribution in [0.3, 0.4) is 0 Å². The molecule has 0 amide bonds. The first kappa shape index (κ1) is 8.94. The molecule has 1 nitrogen and oxygen atoms in total. The van der Waals surface area contributed by atoms with E-state index in [0.29, 0.717) is 5.57 Å². The smallest absolute Gasteiger partial charge is 0.186 e. The van der Waals surface area contributed by atoms with Crippen molar-refractivity contribution in [3.63, 3.8) is 0 Å². The van der Waals surface area contributed by atoms with Crippen molar-refractivity contribution in [2.45, 2.75) is 6.40 Å². The van der Waals surface area contributed by atoms with E-state index < -0.39 is 6.40 Å². The highest BCUT2D eigenvalue weighted by molar-refractivity contribution is 6.13. The van der Waals surface area contributed by atoms with Crippen LogP contribution in [0.4, 0.5) is 0 Å². The molecule has 3 rings (SSSR count). The fraction of sp³-hybridized carbons (Fsp3) is 0.0625. The summed E-state index contributed by atoms with van der Waals surface area (Å²) in [5.41, 5.74) is 3.50. The second-order valence-corrected chi connectivity index (χ2v) is 4.02. The monoisotopic (exact) mass is 221 g/mol. The molecule has 0 heterocycles. The third kappa shape index (κ3) is 1.70. The van der Waals surface area contributed by atoms with Gasteiger partial charge in [0.05, 0.1) is 0 Å². The Balaban J connectivity index is 2.26. The maximum Gasteiger partial charge on any atom is 0.186 e. The summed E-state index contributed by atoms with van der Waals surface area (Å²) in [6, 6.07) is 7.89. The molecule has 0 saturated carbocycles. The molecule has 1 heteroatoms. The maximum atomic E-state index is 11.9. The van der Waals surface area contributed by atoms with Crippen LogP contribution in [0.5, 0.6) is 0 Å². The molecule has 1 aromatic rings. The van der Waals surface area contributed by atoms with Gasteiger partial charge >= 0.3 is 0 Å². The Hall–Kier alpha value is -2.15. The van der Waals surface area contributed by atoms with Crippen molar-refractivity contribution in [2.75, 3.05) is 0 Å². The Labute approximate surface area is 102 Å². The number of benzene rings is 1. The molecule has 0 fully saturated rings. The Bertz CT molecular complexity index is 632. The zero-order chi connectivity index (χ0) is 12.5. The molecule has 17 heavy (non-hydrogen) atoms. The summed E-state index contributed by atoms with van der Waals surface area (Å²) in [4.78, 5) is 11.9. The molecule has 0 radical (unpaired) electrons. The average molecular weight is 221 g/mol. The van der Waals surface area contributed by atoms with Crippen molar-refractivity contribution in [2.24, 2.45) is 0 Å². The van der Waals surface area contributed by atoms with Crippen LogP contribution in [0, 0.1) is 0 Å². The summed E-state index contributed by atoms with van der Waals surface area (Å²) in [5.74, 6) is -0.0187. The number of hydrogen-bond acceptors (Lipinski definition) is 1. The number of carbonyl (C=O) groups excluding carboxylic acids is 1. The molecule has 1 aromatic carbocycles. The van der Waals surface area contributed by atoms with Crippen molar-refractivity contribution >= 4 is 17.4 Å². The molecule has 2 aliphatic rings. The highest BCUT2D eigenvalue weighted by Crippen LogP contribution is 2.32. The van der Waals surface area contributed by atoms with Gasteiger partial charge < -0.3 is 0 Å². The van der Waals surface area contributed by atoms with E-state index in [0.717, 1.165) is 16.7 Å². The normalized spacial score (nSPS) is 26.9. The van der Waals surface area contributed by atoms with Gasteiger partial charge in [0.1, 0.15) is 0 Å². The van der Waals surface area contributed by atoms with Crippen LogP contribution in [0.15, 0.2) is 60.2 Å². The first-order chi connectivity index (χ1) is 8.77. The molecule has 0 N–H and O–H groups in total. The molecule has 82 valence electrons. The molecule has 1 atom stereocenters. The first-order valence-corrected chi connectivity index (χ1v) is 5.60. The lowest BCUT2D eigenvalue weighted by Gasteiger charge is -2.17. The highest BCUT2D eigenvalue weighted by Gasteiger charge is 2.17. The molecule has 0 bridgehead atoms. The number of fused-ring (bicyclic) bond motifs is 1. The standard InChI is InChI=1S/C16H12O/c17-16-11-4-3-9-15(16)14-10-5-7-12-6-1-2-8-13(12)14/h1-9,11H,10H2/b15-14+/i10D. The van der Waals surface area contributed by atoms with E-state index in [2.05, 4.69) is 0 Å². The van der Waals surface area contributed by atoms with Crippen LogP contribution in [0.25, 0.3) is 11.6 Å². The van der Waals surface area contributed by atoms with Crippen molar-refractivity contribution < 1.29 is 6.17 Å². The van der Waals surface area contributed by atoms with E-state index >= 15 is 0 Å². The lowest BCUT2D eigenvalue weighted by molar-refractivity contribution is -0.111. The minimum atomic E-state index is -0.477. The van der Waals surface area contributed by atoms with E-state index in [4.69, 9.17) is 1.37 Å². The largest absolute Gasteiger partial charge is 0.289 e. The Kier molecular flexibility index (Phi) is 2.11. The summed E-state index contributed by atoms with van der Waals surface area (Å²) in [5, 5.41) is 0. The van der Waals surface area contributed by atoms with E-state index in [-0.39, 0.29) is 5.78 Å². The highest BCUT2D eigenvalue weighted by atomic mass is 16.1. The first-order valence-electron chi connectivity index (χ1n) is 6.18. The minimum absolute atomic E-state index is 0.0187. The lowest BCUT2D eigenvalue weighted by atomic mass is 9.86. The Morgan fingerprint density at radius 3 is 2.76 bits per heavy atom. The molecule has 0 aliphatic heterocycles. The molecule has 1 unspecified atom stereocenters. The van der Waals surface area contributed by atoms with Gasteiger partial charge in [0, 0.05) is 6.94 Å². The zero-order valence-electron chi connectivity index (χ0n) is 10.3. The topological polar surface area (TPSA) is 17.1 Å². The molecule has 0 saturated heterocycles. The molecule has 2 aliphatic carbocycles. The van der Waals surface area contributed by atoms with Crippen LogP contribution in [0.1, 0.15) is 18.9 Å². The Morgan fingerprint density at radius 1 is 1.06 bits per heavy atom. The van der Waals surface area contributed by atoms with Gasteiger partial charge in [-0.25, -0.2) is 0 Å². The summed E-state index contributed by atoms with van der Waals surface area (Å²) in [6.07, 6.45) is 10.2. The molecule has 0 spiro atoms. The SMILES string of the molecule is [2H]C1C=Cc2ccccc2/C1=C1\C=CC=CC1=O. The van der Waals surface area contributed by atoms with Gasteiger partial charge in [0.25, 0.3) is 0 Å². The number of allylic oxidation sites excluding steroid dienone is 7. The number of rotatable bonds is 0. The van der Waals surface area contributed by atoms with E-state index in [1.807, 2.05) is 42.5 Å². The van der Waals surface area contributed by atoms with Crippen LogP contribution in [-0.2, 0) is 4.79 Å². The molecule has 0 aromatic heterocycles. The van der Waals surface area contributed by atoms with Gasteiger partial charge in [-0.15, -0.1) is 0 Å². The third-order valence-electron chi connectivity index (χ3n) is 2.97. The summed E-state index contributed by atoms with van der Waals surface area (Å²) >= 11 is 0. The zero-order valence-corrected chi connectivity index (χ0v) is 9.26. The van der Waals surface area contributed by atoms with Gasteiger partial charge in [-0.2, -0.15) is 0 Å². The summed E-state index contributed by atoms with van der Waals surface area (Å²) in [6.45, 7) is 0. The lowest BCUT2D eigenvalue weighted by Crippen LogP contribution is -2.05. The third-order valence-corrected chi connectivity index (χ3v) is 2.97. The van der Waals surface area contributed by atoms with Gasteiger partial charge in [-0.3, -0.25) is 4.79 Å². The van der Waals surface area contributed by atoms with Crippen molar-refractivity contribution in [1.82, 2.24) is 0 Å². The molecular formula is C16H12O. The maximum absolute atomic E-state index is 11.9. The second-order valence-electron chi connectivity index (χ2n) is 4.02. The Morgan fingerprint density at radius 2 is 1.88 bits per heavy atom. The van der Waals surface area contributed by atoms with Gasteiger partial charge in [0.2, 0.25) is 0 Å². The quantitative estimate of drug-likeness (QED) is 0.612. The van der Waals surface area contributed by atoms with Crippen LogP contribution in [-0.4, -0.2) is 5.78 Å². The van der Waals surface area contributed by atoms with Crippen LogP contribution < -0.4 is 0 Å². The number of hydrogen-bond donors (Lipinski definition) is 0. The van der Waals surface area contributed by atoms with E-state index in [1.54, 1.807) is 18.2 Å². The predicted octanol–water partition coefficient (Wildman–Crippen LogP) is 3.55. The second kappa shape index (κ2) is 4.02. The average Bonchev–Trinajstić information content (AvgIpc) is 2.40. The fourth-order valence-electron chi connectivity index (χ4n) is 2.15. The van der Waals surface area contributed by atoms with Gasteiger partial charge in [-0.1, -0.05) is 54.6 Å². The van der Waals surface area contributed by atoms with Crippen LogP contribution in [0.2, 0.25) is 0 Å². The summed E-state index contributed by atoms with van der Waals surface area (Å²) < 4.78 is 8.13. The predicted molar refractivity (Wildman–Crippen MR) is 70.3 cm³/mol. The van der Waals surface area contributed by atoms with Crippen LogP contribution >= 0.6 is 0 Å². The number of ketones is 1. The number of carbonyl (C=O) groups is 1. The minimum Gasteiger partial charge on any atom is -0.289 e. The van der Waals surface area contributed by atoms with Crippen molar-refractivity contribution in [3.05, 3.63) is 71.3 Å².